The van der Waals surface area contributed by atoms with Gasteiger partial charge in [-0.2, -0.15) is 0 Å². The van der Waals surface area contributed by atoms with E-state index in [4.69, 9.17) is 14.6 Å². The maximum absolute atomic E-state index is 11.3. The number of hydrogen-bond donors (Lipinski definition) is 1. The molecule has 10 heteroatoms. The molecule has 0 amide bonds. The molecule has 1 aromatic carbocycles. The van der Waals surface area contributed by atoms with Crippen molar-refractivity contribution >= 4 is 26.3 Å². The van der Waals surface area contributed by atoms with Crippen LogP contribution in [0.1, 0.15) is 6.92 Å². The van der Waals surface area contributed by atoms with Gasteiger partial charge in [0.15, 0.2) is 0 Å². The van der Waals surface area contributed by atoms with Gasteiger partial charge < -0.3 is 9.47 Å². The summed E-state index contributed by atoms with van der Waals surface area (Å²) in [6.45, 7) is 1.91. The molecule has 0 fully saturated rings. The lowest BCUT2D eigenvalue weighted by atomic mass is 10.2. The third kappa shape index (κ3) is 4.66. The first-order chi connectivity index (χ1) is 13.4. The van der Waals surface area contributed by atoms with E-state index in [-0.39, 0.29) is 4.34 Å². The van der Waals surface area contributed by atoms with Gasteiger partial charge in [0.05, 0.1) is 25.3 Å². The number of primary sulfonamides is 1. The summed E-state index contributed by atoms with van der Waals surface area (Å²) in [4.78, 5) is 4.83. The number of methoxy groups -OCH3 is 1. The van der Waals surface area contributed by atoms with E-state index >= 15 is 0 Å². The van der Waals surface area contributed by atoms with Crippen LogP contribution in [0.2, 0.25) is 0 Å². The number of sulfonamides is 1. The summed E-state index contributed by atoms with van der Waals surface area (Å²) in [7, 11) is -2.23. The molecule has 0 aliphatic heterocycles. The Morgan fingerprint density at radius 1 is 1.29 bits per heavy atom. The Hall–Kier alpha value is -2.95. The van der Waals surface area contributed by atoms with Gasteiger partial charge in [-0.25, -0.2) is 23.1 Å². The molecule has 146 valence electrons. The van der Waals surface area contributed by atoms with E-state index in [1.807, 2.05) is 43.3 Å². The van der Waals surface area contributed by atoms with Gasteiger partial charge >= 0.3 is 0 Å². The first-order valence-corrected chi connectivity index (χ1v) is 10.5. The predicted octanol–water partition coefficient (Wildman–Crippen LogP) is 3.10. The lowest BCUT2D eigenvalue weighted by Crippen LogP contribution is -2.12. The number of rotatable bonds is 7. The van der Waals surface area contributed by atoms with Gasteiger partial charge in [0.1, 0.15) is 11.5 Å². The number of benzene rings is 1. The third-order valence-corrected chi connectivity index (χ3v) is 5.76. The van der Waals surface area contributed by atoms with Crippen LogP contribution in [0.4, 0.5) is 0 Å². The number of fused-ring (bicyclic) bond motifs is 1. The Kier molecular flexibility index (Phi) is 5.93. The zero-order valence-corrected chi connectivity index (χ0v) is 16.8. The van der Waals surface area contributed by atoms with Crippen LogP contribution in [0.15, 0.2) is 71.1 Å². The standard InChI is InChI=1S/C18H18N4O4S2/c1-3-5-14(25-2)6-4-11-26-15-9-7-13(8-10-15)16-12-22-17(20-16)27-18(21-22)28(19,23)24/h3-12H,1-2H3,(H2,19,23,24)/b5-3-,11-4+,14-6+. The molecule has 0 saturated carbocycles. The predicted molar refractivity (Wildman–Crippen MR) is 107 cm³/mol. The van der Waals surface area contributed by atoms with Crippen molar-refractivity contribution in [2.24, 2.45) is 5.14 Å². The van der Waals surface area contributed by atoms with Crippen LogP contribution >= 0.6 is 11.3 Å². The number of imidazole rings is 1. The topological polar surface area (TPSA) is 109 Å². The average Bonchev–Trinajstić information content (AvgIpc) is 3.24. The first-order valence-electron chi connectivity index (χ1n) is 8.10. The fraction of sp³-hybridized carbons (Fsp3) is 0.111. The molecular weight excluding hydrogens is 400 g/mol. The second kappa shape index (κ2) is 8.38. The lowest BCUT2D eigenvalue weighted by Gasteiger charge is -2.01. The van der Waals surface area contributed by atoms with Crippen molar-refractivity contribution in [3.63, 3.8) is 0 Å². The van der Waals surface area contributed by atoms with Crippen LogP contribution in [0.3, 0.4) is 0 Å². The Morgan fingerprint density at radius 2 is 2.04 bits per heavy atom. The third-order valence-electron chi connectivity index (χ3n) is 3.53. The van der Waals surface area contributed by atoms with Crippen molar-refractivity contribution in [2.75, 3.05) is 7.11 Å². The van der Waals surface area contributed by atoms with E-state index < -0.39 is 10.0 Å². The highest BCUT2D eigenvalue weighted by atomic mass is 32.2. The average molecular weight is 419 g/mol. The molecule has 0 spiro atoms. The van der Waals surface area contributed by atoms with Crippen molar-refractivity contribution in [3.8, 4) is 17.0 Å². The highest BCUT2D eigenvalue weighted by molar-refractivity contribution is 7.91. The summed E-state index contributed by atoms with van der Waals surface area (Å²) in [5, 5.41) is 9.02. The van der Waals surface area contributed by atoms with E-state index in [0.717, 1.165) is 22.7 Å². The monoisotopic (exact) mass is 418 g/mol. The largest absolute Gasteiger partial charge is 0.497 e. The van der Waals surface area contributed by atoms with E-state index in [1.165, 1.54) is 4.52 Å². The summed E-state index contributed by atoms with van der Waals surface area (Å²) >= 11 is 0.917. The molecule has 8 nitrogen and oxygen atoms in total. The Morgan fingerprint density at radius 3 is 2.64 bits per heavy atom. The molecule has 2 N–H and O–H groups in total. The lowest BCUT2D eigenvalue weighted by molar-refractivity contribution is 0.307. The quantitative estimate of drug-likeness (QED) is 0.466. The fourth-order valence-corrected chi connectivity index (χ4v) is 3.75. The molecule has 2 aromatic heterocycles. The molecule has 28 heavy (non-hydrogen) atoms. The minimum Gasteiger partial charge on any atom is -0.497 e. The summed E-state index contributed by atoms with van der Waals surface area (Å²) in [6.07, 6.45) is 10.5. The number of ether oxygens (including phenoxy) is 2. The molecule has 2 heterocycles. The summed E-state index contributed by atoms with van der Waals surface area (Å²) in [5.41, 5.74) is 1.52. The number of nitrogens with zero attached hydrogens (tertiary/aromatic N) is 3. The zero-order chi connectivity index (χ0) is 20.1. The van der Waals surface area contributed by atoms with Crippen molar-refractivity contribution in [2.45, 2.75) is 11.3 Å². The van der Waals surface area contributed by atoms with Gasteiger partial charge in [0.2, 0.25) is 9.30 Å². The highest BCUT2D eigenvalue weighted by Gasteiger charge is 2.17. The van der Waals surface area contributed by atoms with Crippen LogP contribution in [-0.2, 0) is 14.8 Å². The maximum atomic E-state index is 11.3. The van der Waals surface area contributed by atoms with Crippen LogP contribution in [0.5, 0.6) is 5.75 Å². The van der Waals surface area contributed by atoms with Crippen LogP contribution in [-0.4, -0.2) is 30.1 Å². The molecular formula is C18H18N4O4S2. The van der Waals surface area contributed by atoms with Crippen molar-refractivity contribution < 1.29 is 17.9 Å². The molecule has 0 aliphatic carbocycles. The van der Waals surface area contributed by atoms with Crippen molar-refractivity contribution in [1.29, 1.82) is 0 Å². The number of aromatic nitrogens is 3. The van der Waals surface area contributed by atoms with E-state index in [9.17, 15) is 8.42 Å². The first kappa shape index (κ1) is 19.8. The Balaban J connectivity index is 1.70. The molecule has 0 unspecified atom stereocenters. The van der Waals surface area contributed by atoms with E-state index in [2.05, 4.69) is 10.1 Å². The van der Waals surface area contributed by atoms with Gasteiger partial charge in [-0.05, 0) is 49.4 Å². The molecule has 0 saturated heterocycles. The number of hydrogen-bond acceptors (Lipinski definition) is 7. The van der Waals surface area contributed by atoms with Gasteiger partial charge in [0, 0.05) is 5.56 Å². The normalized spacial score (nSPS) is 13.0. The second-order valence-corrected chi connectivity index (χ2v) is 8.20. The summed E-state index contributed by atoms with van der Waals surface area (Å²) in [6, 6.07) is 7.32. The van der Waals surface area contributed by atoms with E-state index in [1.54, 1.807) is 31.7 Å². The smallest absolute Gasteiger partial charge is 0.267 e. The van der Waals surface area contributed by atoms with Gasteiger partial charge in [-0.3, -0.25) is 0 Å². The van der Waals surface area contributed by atoms with E-state index in [0.29, 0.717) is 16.4 Å². The van der Waals surface area contributed by atoms with Crippen LogP contribution < -0.4 is 9.88 Å². The van der Waals surface area contributed by atoms with Gasteiger partial charge in [-0.1, -0.05) is 17.4 Å². The molecule has 0 bridgehead atoms. The Bertz CT molecular complexity index is 1120. The van der Waals surface area contributed by atoms with Gasteiger partial charge in [0.25, 0.3) is 10.0 Å². The van der Waals surface area contributed by atoms with Gasteiger partial charge in [-0.15, -0.1) is 5.10 Å². The second-order valence-electron chi connectivity index (χ2n) is 5.51. The van der Waals surface area contributed by atoms with Crippen LogP contribution in [0.25, 0.3) is 16.2 Å². The molecule has 0 radical (unpaired) electrons. The number of nitrogens with two attached hydrogens (primary N) is 1. The molecule has 3 aromatic rings. The van der Waals surface area contributed by atoms with Crippen molar-refractivity contribution in [3.05, 3.63) is 66.8 Å². The highest BCUT2D eigenvalue weighted by Crippen LogP contribution is 2.25. The summed E-state index contributed by atoms with van der Waals surface area (Å²) < 4.78 is 34.6. The van der Waals surface area contributed by atoms with Crippen molar-refractivity contribution in [1.82, 2.24) is 14.6 Å². The Labute approximate surface area is 166 Å². The molecule has 3 rings (SSSR count). The molecule has 0 atom stereocenters. The minimum absolute atomic E-state index is 0.169. The SMILES string of the molecule is C\C=C/C(=C\C=C\Oc1ccc(-c2cn3nc(S(N)(=O)=O)sc3n2)cc1)OC. The molecule has 0 aliphatic rings. The number of allylic oxidation sites excluding steroid dienone is 4. The minimum atomic E-state index is -3.83. The zero-order valence-electron chi connectivity index (χ0n) is 15.1. The summed E-state index contributed by atoms with van der Waals surface area (Å²) in [5.74, 6) is 1.38. The maximum Gasteiger partial charge on any atom is 0.267 e. The fourth-order valence-electron chi connectivity index (χ4n) is 2.25. The van der Waals surface area contributed by atoms with Crippen LogP contribution in [0, 0.1) is 0 Å².